The first-order valence-electron chi connectivity index (χ1n) is 5.86. The first kappa shape index (κ1) is 11.2. The van der Waals surface area contributed by atoms with Gasteiger partial charge in [0.15, 0.2) is 5.51 Å². The fraction of sp³-hybridized carbons (Fsp3) is 0.133. The topological polar surface area (TPSA) is 22.1 Å². The van der Waals surface area contributed by atoms with Gasteiger partial charge < -0.3 is 4.74 Å². The molecule has 0 aliphatic rings. The monoisotopic (exact) mass is 254 g/mol. The number of nitrogens with zero attached hydrogens (tertiary/aromatic N) is 1. The van der Waals surface area contributed by atoms with E-state index in [1.165, 1.54) is 22.1 Å². The highest BCUT2D eigenvalue weighted by atomic mass is 32.1. The van der Waals surface area contributed by atoms with Gasteiger partial charge >= 0.3 is 0 Å². The highest BCUT2D eigenvalue weighted by Crippen LogP contribution is 2.36. The number of fused-ring (bicyclic) bond motifs is 1. The Bertz CT molecular complexity index is 661. The molecule has 89 valence electrons. The van der Waals surface area contributed by atoms with Crippen LogP contribution in [0.1, 0.15) is 6.92 Å². The Kier molecular flexibility index (Phi) is 2.99. The van der Waals surface area contributed by atoms with E-state index in [0.29, 0.717) is 6.61 Å². The molecule has 0 atom stereocenters. The van der Waals surface area contributed by atoms with Crippen LogP contribution in [0.3, 0.4) is 0 Å². The summed E-state index contributed by atoms with van der Waals surface area (Å²) in [5, 5.41) is 4.37. The van der Waals surface area contributed by atoms with Crippen LogP contribution in [0, 0.1) is 5.51 Å². The molecule has 0 bridgehead atoms. The van der Waals surface area contributed by atoms with Crippen molar-refractivity contribution >= 4 is 22.1 Å². The largest absolute Gasteiger partial charge is 0.493 e. The van der Waals surface area contributed by atoms with Crippen molar-refractivity contribution in [3.8, 4) is 17.0 Å². The quantitative estimate of drug-likeness (QED) is 0.700. The molecular formula is C15H12NOS. The summed E-state index contributed by atoms with van der Waals surface area (Å²) in [5.74, 6) is 0.885. The number of rotatable bonds is 3. The van der Waals surface area contributed by atoms with Crippen molar-refractivity contribution in [1.82, 2.24) is 4.98 Å². The maximum Gasteiger partial charge on any atom is 0.152 e. The summed E-state index contributed by atoms with van der Waals surface area (Å²) in [6.45, 7) is 2.64. The third-order valence-corrected chi connectivity index (χ3v) is 3.37. The molecule has 0 N–H and O–H groups in total. The minimum Gasteiger partial charge on any atom is -0.493 e. The fourth-order valence-corrected chi connectivity index (χ4v) is 2.58. The van der Waals surface area contributed by atoms with E-state index >= 15 is 0 Å². The number of benzene rings is 2. The van der Waals surface area contributed by atoms with Gasteiger partial charge in [-0.1, -0.05) is 30.3 Å². The molecule has 0 fully saturated rings. The predicted molar refractivity (Wildman–Crippen MR) is 75.1 cm³/mol. The minimum absolute atomic E-state index is 0.652. The van der Waals surface area contributed by atoms with Crippen molar-refractivity contribution in [2.75, 3.05) is 6.61 Å². The van der Waals surface area contributed by atoms with Crippen molar-refractivity contribution in [1.29, 1.82) is 0 Å². The molecule has 1 radical (unpaired) electrons. The molecule has 0 amide bonds. The van der Waals surface area contributed by atoms with Gasteiger partial charge in [-0.2, -0.15) is 0 Å². The fourth-order valence-electron chi connectivity index (χ4n) is 2.09. The van der Waals surface area contributed by atoms with Gasteiger partial charge in [0.25, 0.3) is 0 Å². The van der Waals surface area contributed by atoms with Gasteiger partial charge in [0.2, 0.25) is 0 Å². The minimum atomic E-state index is 0.652. The Labute approximate surface area is 110 Å². The number of aromatic nitrogens is 1. The molecule has 3 heteroatoms. The van der Waals surface area contributed by atoms with E-state index in [0.717, 1.165) is 17.0 Å². The van der Waals surface area contributed by atoms with Crippen LogP contribution in [0.25, 0.3) is 22.0 Å². The zero-order chi connectivity index (χ0) is 12.4. The highest BCUT2D eigenvalue weighted by molar-refractivity contribution is 7.07. The third kappa shape index (κ3) is 1.87. The Hall–Kier alpha value is -1.87. The summed E-state index contributed by atoms with van der Waals surface area (Å²) in [4.78, 5) is 4.29. The molecule has 0 saturated heterocycles. The molecule has 1 aromatic heterocycles. The molecule has 1 heterocycles. The Morgan fingerprint density at radius 3 is 2.89 bits per heavy atom. The van der Waals surface area contributed by atoms with E-state index in [9.17, 15) is 0 Å². The molecule has 18 heavy (non-hydrogen) atoms. The molecule has 0 unspecified atom stereocenters. The Morgan fingerprint density at radius 1 is 1.22 bits per heavy atom. The summed E-state index contributed by atoms with van der Waals surface area (Å²) in [7, 11) is 0. The molecule has 2 aromatic carbocycles. The lowest BCUT2D eigenvalue weighted by atomic mass is 10.0. The van der Waals surface area contributed by atoms with Gasteiger partial charge in [0, 0.05) is 5.38 Å². The second-order valence-electron chi connectivity index (χ2n) is 3.92. The lowest BCUT2D eigenvalue weighted by Gasteiger charge is -2.11. The summed E-state index contributed by atoms with van der Waals surface area (Å²) in [6.07, 6.45) is 0. The standard InChI is InChI=1S/C15H12NOS/c1-2-17-14-8-7-11-5-3-4-6-12(11)15(14)13-9-18-10-16-13/h3-9H,2H2,1H3. The Balaban J connectivity index is 2.32. The van der Waals surface area contributed by atoms with Crippen LogP contribution in [0.5, 0.6) is 5.75 Å². The first-order valence-corrected chi connectivity index (χ1v) is 6.74. The summed E-state index contributed by atoms with van der Waals surface area (Å²) < 4.78 is 5.72. The molecule has 2 nitrogen and oxygen atoms in total. The molecule has 0 spiro atoms. The van der Waals surface area contributed by atoms with E-state index in [-0.39, 0.29) is 0 Å². The zero-order valence-corrected chi connectivity index (χ0v) is 10.8. The summed E-state index contributed by atoms with van der Waals surface area (Å²) in [6, 6.07) is 12.4. The van der Waals surface area contributed by atoms with Gasteiger partial charge in [-0.05, 0) is 23.8 Å². The lowest BCUT2D eigenvalue weighted by Crippen LogP contribution is -1.95. The van der Waals surface area contributed by atoms with E-state index in [4.69, 9.17) is 4.74 Å². The Morgan fingerprint density at radius 2 is 2.11 bits per heavy atom. The van der Waals surface area contributed by atoms with Crippen LogP contribution >= 0.6 is 11.3 Å². The van der Waals surface area contributed by atoms with Crippen LogP contribution in [-0.2, 0) is 0 Å². The van der Waals surface area contributed by atoms with Gasteiger partial charge in [0.05, 0.1) is 17.9 Å². The third-order valence-electron chi connectivity index (χ3n) is 2.84. The molecule has 0 aliphatic heterocycles. The van der Waals surface area contributed by atoms with E-state index in [2.05, 4.69) is 28.7 Å². The van der Waals surface area contributed by atoms with Gasteiger partial charge in [-0.3, -0.25) is 0 Å². The van der Waals surface area contributed by atoms with Gasteiger partial charge in [-0.15, -0.1) is 11.3 Å². The molecule has 0 aliphatic carbocycles. The van der Waals surface area contributed by atoms with Crippen molar-refractivity contribution in [2.45, 2.75) is 6.92 Å². The molecule has 3 rings (SSSR count). The van der Waals surface area contributed by atoms with Crippen molar-refractivity contribution in [3.05, 3.63) is 47.3 Å². The zero-order valence-electron chi connectivity index (χ0n) is 10.0. The summed E-state index contributed by atoms with van der Waals surface area (Å²) in [5.41, 5.74) is 4.89. The van der Waals surface area contributed by atoms with Crippen LogP contribution < -0.4 is 4.74 Å². The van der Waals surface area contributed by atoms with E-state index < -0.39 is 0 Å². The van der Waals surface area contributed by atoms with E-state index in [1.807, 2.05) is 30.5 Å². The van der Waals surface area contributed by atoms with E-state index in [1.54, 1.807) is 0 Å². The van der Waals surface area contributed by atoms with Crippen LogP contribution in [0.15, 0.2) is 41.8 Å². The molecule has 0 saturated carbocycles. The number of hydrogen-bond donors (Lipinski definition) is 0. The van der Waals surface area contributed by atoms with Crippen molar-refractivity contribution < 1.29 is 4.74 Å². The first-order chi connectivity index (χ1) is 8.90. The van der Waals surface area contributed by atoms with Crippen molar-refractivity contribution in [2.24, 2.45) is 0 Å². The maximum atomic E-state index is 5.72. The average Bonchev–Trinajstić information content (AvgIpc) is 2.92. The number of ether oxygens (including phenoxy) is 1. The number of hydrogen-bond acceptors (Lipinski definition) is 3. The predicted octanol–water partition coefficient (Wildman–Crippen LogP) is 4.16. The van der Waals surface area contributed by atoms with Crippen LogP contribution in [-0.4, -0.2) is 11.6 Å². The van der Waals surface area contributed by atoms with Crippen LogP contribution in [0.4, 0.5) is 0 Å². The lowest BCUT2D eigenvalue weighted by molar-refractivity contribution is 0.342. The molecular weight excluding hydrogens is 242 g/mol. The second-order valence-corrected chi connectivity index (χ2v) is 4.57. The SMILES string of the molecule is CCOc1ccc2ccccc2c1-c1cs[c]n1. The second kappa shape index (κ2) is 4.78. The maximum absolute atomic E-state index is 5.72. The van der Waals surface area contributed by atoms with Gasteiger partial charge in [-0.25, -0.2) is 4.98 Å². The number of thiazole rings is 1. The summed E-state index contributed by atoms with van der Waals surface area (Å²) >= 11 is 1.48. The highest BCUT2D eigenvalue weighted by Gasteiger charge is 2.12. The average molecular weight is 254 g/mol. The van der Waals surface area contributed by atoms with Gasteiger partial charge in [0.1, 0.15) is 5.75 Å². The molecule has 3 aromatic rings. The van der Waals surface area contributed by atoms with Crippen LogP contribution in [0.2, 0.25) is 0 Å². The van der Waals surface area contributed by atoms with Crippen molar-refractivity contribution in [3.63, 3.8) is 0 Å². The smallest absolute Gasteiger partial charge is 0.152 e. The normalized spacial score (nSPS) is 10.7.